The van der Waals surface area contributed by atoms with E-state index in [0.29, 0.717) is 19.3 Å². The normalized spacial score (nSPS) is 22.4. The predicted octanol–water partition coefficient (Wildman–Crippen LogP) is 1.91. The Morgan fingerprint density at radius 2 is 2.00 bits per heavy atom. The first kappa shape index (κ1) is 17.3. The van der Waals surface area contributed by atoms with Crippen molar-refractivity contribution in [3.05, 3.63) is 35.9 Å². The highest BCUT2D eigenvalue weighted by Gasteiger charge is 2.37. The van der Waals surface area contributed by atoms with Gasteiger partial charge in [-0.05, 0) is 25.3 Å². The zero-order chi connectivity index (χ0) is 16.8. The first-order valence-electron chi connectivity index (χ1n) is 7.87. The van der Waals surface area contributed by atoms with Gasteiger partial charge in [-0.25, -0.2) is 4.79 Å². The second kappa shape index (κ2) is 7.97. The maximum Gasteiger partial charge on any atom is 0.407 e. The Labute approximate surface area is 135 Å². The summed E-state index contributed by atoms with van der Waals surface area (Å²) in [7, 11) is 0. The summed E-state index contributed by atoms with van der Waals surface area (Å²) in [5.41, 5.74) is 1.09. The van der Waals surface area contributed by atoms with Crippen molar-refractivity contribution >= 4 is 12.1 Å². The Kier molecular flexibility index (Phi) is 5.98. The number of piperidine rings is 1. The highest BCUT2D eigenvalue weighted by atomic mass is 16.5. The summed E-state index contributed by atoms with van der Waals surface area (Å²) in [4.78, 5) is 24.6. The van der Waals surface area contributed by atoms with Crippen LogP contribution in [0.25, 0.3) is 0 Å². The van der Waals surface area contributed by atoms with E-state index >= 15 is 0 Å². The molecule has 23 heavy (non-hydrogen) atoms. The number of carbonyl (C=O) groups is 2. The third-order valence-corrected chi connectivity index (χ3v) is 4.24. The molecule has 1 heterocycles. The van der Waals surface area contributed by atoms with E-state index in [1.807, 2.05) is 30.3 Å². The Morgan fingerprint density at radius 3 is 2.61 bits per heavy atom. The maximum atomic E-state index is 12.1. The van der Waals surface area contributed by atoms with E-state index in [0.717, 1.165) is 10.5 Å². The van der Waals surface area contributed by atoms with Crippen LogP contribution < -0.4 is 0 Å². The van der Waals surface area contributed by atoms with Gasteiger partial charge in [-0.2, -0.15) is 0 Å². The monoisotopic (exact) mass is 321 g/mol. The van der Waals surface area contributed by atoms with Crippen LogP contribution in [0.2, 0.25) is 0 Å². The van der Waals surface area contributed by atoms with Gasteiger partial charge in [-0.1, -0.05) is 30.3 Å². The molecule has 0 radical (unpaired) electrons. The molecule has 6 heteroatoms. The van der Waals surface area contributed by atoms with Gasteiger partial charge in [0.15, 0.2) is 0 Å². The van der Waals surface area contributed by atoms with Crippen LogP contribution >= 0.6 is 0 Å². The predicted molar refractivity (Wildman–Crippen MR) is 84.0 cm³/mol. The Bertz CT molecular complexity index is 531. The SMILES string of the molecule is CC(O)[C@@H]1CC[C@@H](C(=O)OCCc2ccccc2)CN1C(=O)O. The van der Waals surface area contributed by atoms with Crippen molar-refractivity contribution in [1.29, 1.82) is 0 Å². The van der Waals surface area contributed by atoms with E-state index in [-0.39, 0.29) is 19.1 Å². The molecule has 1 saturated heterocycles. The van der Waals surface area contributed by atoms with Crippen LogP contribution in [0.4, 0.5) is 4.79 Å². The third kappa shape index (κ3) is 4.69. The molecular weight excluding hydrogens is 298 g/mol. The molecule has 126 valence electrons. The highest BCUT2D eigenvalue weighted by molar-refractivity contribution is 5.74. The summed E-state index contributed by atoms with van der Waals surface area (Å²) in [6.07, 6.45) is -0.233. The summed E-state index contributed by atoms with van der Waals surface area (Å²) < 4.78 is 5.29. The number of hydrogen-bond donors (Lipinski definition) is 2. The van der Waals surface area contributed by atoms with Gasteiger partial charge in [0.05, 0.1) is 24.7 Å². The molecule has 3 atom stereocenters. The molecule has 1 fully saturated rings. The maximum absolute atomic E-state index is 12.1. The summed E-state index contributed by atoms with van der Waals surface area (Å²) in [5, 5.41) is 18.9. The summed E-state index contributed by atoms with van der Waals surface area (Å²) in [6, 6.07) is 9.26. The Hall–Kier alpha value is -2.08. The van der Waals surface area contributed by atoms with Gasteiger partial charge in [0.2, 0.25) is 0 Å². The van der Waals surface area contributed by atoms with E-state index in [9.17, 15) is 19.8 Å². The Balaban J connectivity index is 1.84. The van der Waals surface area contributed by atoms with Crippen molar-refractivity contribution in [2.75, 3.05) is 13.2 Å². The van der Waals surface area contributed by atoms with E-state index < -0.39 is 24.2 Å². The second-order valence-corrected chi connectivity index (χ2v) is 5.92. The molecule has 0 aliphatic carbocycles. The minimum atomic E-state index is -1.11. The molecule has 1 aliphatic rings. The molecule has 0 spiro atoms. The number of ether oxygens (including phenoxy) is 1. The molecule has 1 amide bonds. The van der Waals surface area contributed by atoms with Crippen LogP contribution in [-0.2, 0) is 16.0 Å². The molecule has 6 nitrogen and oxygen atoms in total. The second-order valence-electron chi connectivity index (χ2n) is 5.92. The fourth-order valence-corrected chi connectivity index (χ4v) is 2.94. The highest BCUT2D eigenvalue weighted by Crippen LogP contribution is 2.25. The lowest BCUT2D eigenvalue weighted by atomic mass is 9.91. The van der Waals surface area contributed by atoms with Crippen LogP contribution in [0, 0.1) is 5.92 Å². The fraction of sp³-hybridized carbons (Fsp3) is 0.529. The smallest absolute Gasteiger partial charge is 0.407 e. The third-order valence-electron chi connectivity index (χ3n) is 4.24. The van der Waals surface area contributed by atoms with E-state index in [2.05, 4.69) is 0 Å². The van der Waals surface area contributed by atoms with Crippen molar-refractivity contribution in [3.8, 4) is 0 Å². The number of amides is 1. The Morgan fingerprint density at radius 1 is 1.30 bits per heavy atom. The molecule has 0 bridgehead atoms. The first-order chi connectivity index (χ1) is 11.0. The number of rotatable bonds is 5. The number of carbonyl (C=O) groups excluding carboxylic acids is 1. The molecule has 0 aromatic heterocycles. The number of benzene rings is 1. The van der Waals surface area contributed by atoms with Crippen molar-refractivity contribution < 1.29 is 24.5 Å². The lowest BCUT2D eigenvalue weighted by Crippen LogP contribution is -2.52. The van der Waals surface area contributed by atoms with Crippen LogP contribution in [0.3, 0.4) is 0 Å². The lowest BCUT2D eigenvalue weighted by molar-refractivity contribution is -0.151. The molecule has 1 aromatic rings. The van der Waals surface area contributed by atoms with Crippen molar-refractivity contribution in [1.82, 2.24) is 4.90 Å². The zero-order valence-electron chi connectivity index (χ0n) is 13.2. The van der Waals surface area contributed by atoms with Crippen molar-refractivity contribution in [2.24, 2.45) is 5.92 Å². The van der Waals surface area contributed by atoms with Crippen molar-refractivity contribution in [2.45, 2.75) is 38.3 Å². The lowest BCUT2D eigenvalue weighted by Gasteiger charge is -2.38. The minimum Gasteiger partial charge on any atom is -0.465 e. The zero-order valence-corrected chi connectivity index (χ0v) is 13.2. The average molecular weight is 321 g/mol. The average Bonchev–Trinajstić information content (AvgIpc) is 2.55. The van der Waals surface area contributed by atoms with Crippen LogP contribution in [0.15, 0.2) is 30.3 Å². The molecule has 2 rings (SSSR count). The summed E-state index contributed by atoms with van der Waals surface area (Å²) in [6.45, 7) is 1.93. The fourth-order valence-electron chi connectivity index (χ4n) is 2.94. The molecule has 2 N–H and O–H groups in total. The molecular formula is C17H23NO5. The number of aliphatic hydroxyl groups is 1. The summed E-state index contributed by atoms with van der Waals surface area (Å²) >= 11 is 0. The van der Waals surface area contributed by atoms with Gasteiger partial charge in [0.1, 0.15) is 0 Å². The van der Waals surface area contributed by atoms with Gasteiger partial charge in [-0.15, -0.1) is 0 Å². The van der Waals surface area contributed by atoms with E-state index in [1.54, 1.807) is 6.92 Å². The molecule has 0 saturated carbocycles. The van der Waals surface area contributed by atoms with Gasteiger partial charge >= 0.3 is 12.1 Å². The van der Waals surface area contributed by atoms with E-state index in [1.165, 1.54) is 0 Å². The van der Waals surface area contributed by atoms with Gasteiger partial charge in [-0.3, -0.25) is 4.79 Å². The quantitative estimate of drug-likeness (QED) is 0.809. The number of aliphatic hydroxyl groups excluding tert-OH is 1. The minimum absolute atomic E-state index is 0.0784. The topological polar surface area (TPSA) is 87.1 Å². The van der Waals surface area contributed by atoms with Crippen molar-refractivity contribution in [3.63, 3.8) is 0 Å². The molecule has 1 unspecified atom stereocenters. The number of hydrogen-bond acceptors (Lipinski definition) is 4. The van der Waals surface area contributed by atoms with Gasteiger partial charge in [0, 0.05) is 13.0 Å². The number of carboxylic acid groups (broad SMARTS) is 1. The number of nitrogens with zero attached hydrogens (tertiary/aromatic N) is 1. The molecule has 1 aromatic carbocycles. The standard InChI is InChI=1S/C17H23NO5/c1-12(19)15-8-7-14(11-18(15)17(21)22)16(20)23-10-9-13-5-3-2-4-6-13/h2-6,12,14-15,19H,7-11H2,1H3,(H,21,22)/t12?,14-,15+/m1/s1. The van der Waals surface area contributed by atoms with Gasteiger partial charge < -0.3 is 19.8 Å². The van der Waals surface area contributed by atoms with Crippen LogP contribution in [0.1, 0.15) is 25.3 Å². The number of likely N-dealkylation sites (tertiary alicyclic amines) is 1. The van der Waals surface area contributed by atoms with Gasteiger partial charge in [0.25, 0.3) is 0 Å². The first-order valence-corrected chi connectivity index (χ1v) is 7.87. The van der Waals surface area contributed by atoms with Crippen LogP contribution in [-0.4, -0.2) is 52.5 Å². The molecule has 1 aliphatic heterocycles. The summed E-state index contributed by atoms with van der Waals surface area (Å²) in [5.74, 6) is -0.826. The largest absolute Gasteiger partial charge is 0.465 e. The van der Waals surface area contributed by atoms with E-state index in [4.69, 9.17) is 4.74 Å². The number of esters is 1. The van der Waals surface area contributed by atoms with Crippen LogP contribution in [0.5, 0.6) is 0 Å².